The molecule has 0 saturated heterocycles. The molecule has 1 aromatic heterocycles. The van der Waals surface area contributed by atoms with Gasteiger partial charge in [-0.25, -0.2) is 9.78 Å². The molecule has 0 aliphatic heterocycles. The summed E-state index contributed by atoms with van der Waals surface area (Å²) in [6, 6.07) is 10.5. The Morgan fingerprint density at radius 3 is 2.52 bits per heavy atom. The minimum atomic E-state index is -0.356. The van der Waals surface area contributed by atoms with E-state index in [2.05, 4.69) is 9.88 Å². The lowest BCUT2D eigenvalue weighted by molar-refractivity contribution is 0.0439. The molecule has 8 heteroatoms. The van der Waals surface area contributed by atoms with Gasteiger partial charge in [-0.1, -0.05) is 23.2 Å². The molecule has 0 amide bonds. The minimum absolute atomic E-state index is 0. The van der Waals surface area contributed by atoms with Crippen molar-refractivity contribution in [3.63, 3.8) is 0 Å². The largest absolute Gasteiger partial charge is 0.457 e. The van der Waals surface area contributed by atoms with Gasteiger partial charge in [0.05, 0.1) is 5.56 Å². The highest BCUT2D eigenvalue weighted by atomic mass is 35.5. The Bertz CT molecular complexity index is 983. The molecule has 2 atom stereocenters. The summed E-state index contributed by atoms with van der Waals surface area (Å²) >= 11 is 12.1. The highest BCUT2D eigenvalue weighted by Gasteiger charge is 2.42. The van der Waals surface area contributed by atoms with E-state index in [1.807, 2.05) is 14.1 Å². The maximum atomic E-state index is 12.3. The zero-order chi connectivity index (χ0) is 18.4. The molecule has 0 radical (unpaired) electrons. The lowest BCUT2D eigenvalue weighted by Gasteiger charge is -2.09. The van der Waals surface area contributed by atoms with Gasteiger partial charge in [0, 0.05) is 28.1 Å². The van der Waals surface area contributed by atoms with Crippen molar-refractivity contribution in [2.75, 3.05) is 14.1 Å². The first kappa shape index (κ1) is 20.0. The van der Waals surface area contributed by atoms with Crippen LogP contribution >= 0.6 is 35.6 Å². The van der Waals surface area contributed by atoms with Crippen molar-refractivity contribution in [3.05, 3.63) is 52.0 Å². The van der Waals surface area contributed by atoms with Gasteiger partial charge in [-0.3, -0.25) is 0 Å². The Balaban J connectivity index is 0.00000210. The van der Waals surface area contributed by atoms with Gasteiger partial charge >= 0.3 is 5.97 Å². The van der Waals surface area contributed by atoms with E-state index in [-0.39, 0.29) is 24.5 Å². The van der Waals surface area contributed by atoms with Crippen LogP contribution in [0.3, 0.4) is 0 Å². The van der Waals surface area contributed by atoms with Crippen LogP contribution in [0.4, 0.5) is 0 Å². The van der Waals surface area contributed by atoms with Crippen LogP contribution in [-0.2, 0) is 4.74 Å². The van der Waals surface area contributed by atoms with Crippen LogP contribution in [0.25, 0.3) is 22.6 Å². The number of likely N-dealkylation sites (N-methyl/N-ethyl adjacent to an activating group) is 1. The summed E-state index contributed by atoms with van der Waals surface area (Å²) < 4.78 is 11.3. The van der Waals surface area contributed by atoms with Gasteiger partial charge in [0.25, 0.3) is 0 Å². The maximum absolute atomic E-state index is 12.3. The van der Waals surface area contributed by atoms with Crippen LogP contribution in [-0.4, -0.2) is 42.1 Å². The van der Waals surface area contributed by atoms with Crippen molar-refractivity contribution in [3.8, 4) is 11.5 Å². The molecule has 1 aliphatic carbocycles. The van der Waals surface area contributed by atoms with Gasteiger partial charge in [-0.05, 0) is 50.5 Å². The second-order valence-electron chi connectivity index (χ2n) is 6.57. The first-order chi connectivity index (χ1) is 12.4. The molecule has 0 bridgehead atoms. The molecule has 0 spiro atoms. The summed E-state index contributed by atoms with van der Waals surface area (Å²) in [5.41, 5.74) is 2.26. The van der Waals surface area contributed by atoms with E-state index < -0.39 is 0 Å². The van der Waals surface area contributed by atoms with Crippen LogP contribution in [0.2, 0.25) is 10.0 Å². The smallest absolute Gasteiger partial charge is 0.338 e. The molecular formula is C19H17Cl3N2O3. The van der Waals surface area contributed by atoms with E-state index in [1.54, 1.807) is 36.4 Å². The lowest BCUT2D eigenvalue weighted by Crippen LogP contribution is -2.20. The SMILES string of the molecule is CN(C)[C@H]1C[C@@H]1OC(=O)c1ccc2nc(-c3cc(Cl)cc(Cl)c3)oc2c1.Cl. The van der Waals surface area contributed by atoms with Gasteiger partial charge in [0.1, 0.15) is 11.6 Å². The number of ether oxygens (including phenoxy) is 1. The van der Waals surface area contributed by atoms with Crippen molar-refractivity contribution < 1.29 is 13.9 Å². The van der Waals surface area contributed by atoms with Crippen LogP contribution < -0.4 is 0 Å². The van der Waals surface area contributed by atoms with Crippen molar-refractivity contribution in [1.82, 2.24) is 9.88 Å². The van der Waals surface area contributed by atoms with E-state index in [1.165, 1.54) is 0 Å². The third-order valence-corrected chi connectivity index (χ3v) is 4.79. The number of nitrogens with zero attached hydrogens (tertiary/aromatic N) is 2. The molecule has 2 aromatic carbocycles. The Hall–Kier alpha value is -1.79. The van der Waals surface area contributed by atoms with Crippen LogP contribution in [0.5, 0.6) is 0 Å². The first-order valence-corrected chi connectivity index (χ1v) is 8.91. The lowest BCUT2D eigenvalue weighted by atomic mass is 10.2. The second-order valence-corrected chi connectivity index (χ2v) is 7.44. The van der Waals surface area contributed by atoms with Gasteiger partial charge in [0.2, 0.25) is 5.89 Å². The predicted octanol–water partition coefficient (Wildman–Crippen LogP) is 5.08. The Labute approximate surface area is 172 Å². The third kappa shape index (κ3) is 4.22. The fourth-order valence-corrected chi connectivity index (χ4v) is 3.41. The fourth-order valence-electron chi connectivity index (χ4n) is 2.89. The summed E-state index contributed by atoms with van der Waals surface area (Å²) in [6.07, 6.45) is 0.815. The molecule has 4 rings (SSSR count). The zero-order valence-electron chi connectivity index (χ0n) is 14.6. The molecule has 0 N–H and O–H groups in total. The third-order valence-electron chi connectivity index (χ3n) is 4.36. The number of esters is 1. The Kier molecular flexibility index (Phi) is 5.68. The number of hydrogen-bond donors (Lipinski definition) is 0. The molecule has 1 heterocycles. The first-order valence-electron chi connectivity index (χ1n) is 8.15. The monoisotopic (exact) mass is 426 g/mol. The summed E-state index contributed by atoms with van der Waals surface area (Å²) in [4.78, 5) is 18.8. The molecule has 1 fully saturated rings. The average molecular weight is 428 g/mol. The fraction of sp³-hybridized carbons (Fsp3) is 0.263. The summed E-state index contributed by atoms with van der Waals surface area (Å²) in [5, 5.41) is 0.998. The number of carbonyl (C=O) groups is 1. The molecule has 1 aliphatic rings. The van der Waals surface area contributed by atoms with Gasteiger partial charge < -0.3 is 14.1 Å². The molecule has 5 nitrogen and oxygen atoms in total. The van der Waals surface area contributed by atoms with Gasteiger partial charge in [0.15, 0.2) is 5.58 Å². The predicted molar refractivity (Wildman–Crippen MR) is 108 cm³/mol. The molecule has 27 heavy (non-hydrogen) atoms. The quantitative estimate of drug-likeness (QED) is 0.543. The van der Waals surface area contributed by atoms with E-state index in [0.29, 0.717) is 44.2 Å². The van der Waals surface area contributed by atoms with Crippen molar-refractivity contribution >= 4 is 52.7 Å². The van der Waals surface area contributed by atoms with Crippen LogP contribution in [0, 0.1) is 0 Å². The molecular weight excluding hydrogens is 411 g/mol. The second kappa shape index (κ2) is 7.68. The van der Waals surface area contributed by atoms with Crippen LogP contribution in [0.1, 0.15) is 16.8 Å². The minimum Gasteiger partial charge on any atom is -0.457 e. The number of rotatable bonds is 4. The van der Waals surface area contributed by atoms with E-state index in [9.17, 15) is 4.79 Å². The molecule has 0 unspecified atom stereocenters. The number of aromatic nitrogens is 1. The van der Waals surface area contributed by atoms with Gasteiger partial charge in [-0.15, -0.1) is 12.4 Å². The highest BCUT2D eigenvalue weighted by molar-refractivity contribution is 6.35. The number of carbonyl (C=O) groups excluding carboxylic acids is 1. The summed E-state index contributed by atoms with van der Waals surface area (Å²) in [5.74, 6) is 0.0368. The van der Waals surface area contributed by atoms with Crippen LogP contribution in [0.15, 0.2) is 40.8 Å². The standard InChI is InChI=1S/C19H16Cl2N2O3.ClH/c1-23(2)15-9-17(15)26-19(24)10-3-4-14-16(7-10)25-18(22-14)11-5-12(20)8-13(21)6-11;/h3-8,15,17H,9H2,1-2H3;1H/t15-,17-;/m0./s1. The number of oxazole rings is 1. The average Bonchev–Trinajstić information content (AvgIpc) is 3.21. The topological polar surface area (TPSA) is 55.6 Å². The van der Waals surface area contributed by atoms with Gasteiger partial charge in [-0.2, -0.15) is 0 Å². The van der Waals surface area contributed by atoms with Crippen molar-refractivity contribution in [2.45, 2.75) is 18.6 Å². The highest BCUT2D eigenvalue weighted by Crippen LogP contribution is 2.32. The number of fused-ring (bicyclic) bond motifs is 1. The van der Waals surface area contributed by atoms with E-state index in [4.69, 9.17) is 32.4 Å². The number of benzene rings is 2. The molecule has 3 aromatic rings. The van der Waals surface area contributed by atoms with E-state index in [0.717, 1.165) is 6.42 Å². The summed E-state index contributed by atoms with van der Waals surface area (Å²) in [7, 11) is 3.95. The molecule has 142 valence electrons. The van der Waals surface area contributed by atoms with E-state index >= 15 is 0 Å². The number of halogens is 3. The number of hydrogen-bond acceptors (Lipinski definition) is 5. The maximum Gasteiger partial charge on any atom is 0.338 e. The van der Waals surface area contributed by atoms with Crippen molar-refractivity contribution in [1.29, 1.82) is 0 Å². The Morgan fingerprint density at radius 1 is 1.19 bits per heavy atom. The molecule has 1 saturated carbocycles. The zero-order valence-corrected chi connectivity index (χ0v) is 16.9. The summed E-state index contributed by atoms with van der Waals surface area (Å²) in [6.45, 7) is 0. The Morgan fingerprint density at radius 2 is 1.89 bits per heavy atom. The van der Waals surface area contributed by atoms with Crippen molar-refractivity contribution in [2.24, 2.45) is 0 Å². The normalized spacial score (nSPS) is 18.4.